The van der Waals surface area contributed by atoms with Crippen LogP contribution in [0.2, 0.25) is 0 Å². The lowest BCUT2D eigenvalue weighted by Crippen LogP contribution is -1.96. The van der Waals surface area contributed by atoms with Crippen LogP contribution in [0.3, 0.4) is 0 Å². The topological polar surface area (TPSA) is 78.2 Å². The van der Waals surface area contributed by atoms with Gasteiger partial charge in [0.2, 0.25) is 0 Å². The highest BCUT2D eigenvalue weighted by atomic mass is 16.6. The summed E-state index contributed by atoms with van der Waals surface area (Å²) in [6.45, 7) is 1.83. The molecular formula is C12H11N3O3. The van der Waals surface area contributed by atoms with Crippen molar-refractivity contribution < 1.29 is 9.66 Å². The molecule has 0 saturated heterocycles. The number of ether oxygens (including phenoxy) is 1. The van der Waals surface area contributed by atoms with Gasteiger partial charge in [0.15, 0.2) is 0 Å². The Hall–Kier alpha value is -2.50. The number of rotatable bonds is 3. The Kier molecular flexibility index (Phi) is 3.18. The second kappa shape index (κ2) is 4.79. The van der Waals surface area contributed by atoms with Crippen LogP contribution in [0.25, 0.3) is 11.3 Å². The molecule has 1 heterocycles. The lowest BCUT2D eigenvalue weighted by molar-refractivity contribution is -0.384. The van der Waals surface area contributed by atoms with Crippen LogP contribution < -0.4 is 4.74 Å². The van der Waals surface area contributed by atoms with Gasteiger partial charge in [0, 0.05) is 23.4 Å². The van der Waals surface area contributed by atoms with Gasteiger partial charge in [0.1, 0.15) is 0 Å². The van der Waals surface area contributed by atoms with Crippen LogP contribution in [-0.4, -0.2) is 22.0 Å². The minimum Gasteiger partial charge on any atom is -0.467 e. The van der Waals surface area contributed by atoms with E-state index in [0.717, 1.165) is 11.3 Å². The highest BCUT2D eigenvalue weighted by Crippen LogP contribution is 2.22. The van der Waals surface area contributed by atoms with E-state index >= 15 is 0 Å². The van der Waals surface area contributed by atoms with Crippen molar-refractivity contribution in [3.8, 4) is 17.3 Å². The number of nitro groups is 1. The Morgan fingerprint density at radius 3 is 2.44 bits per heavy atom. The summed E-state index contributed by atoms with van der Waals surface area (Å²) in [4.78, 5) is 18.4. The smallest absolute Gasteiger partial charge is 0.316 e. The normalized spacial score (nSPS) is 10.1. The molecule has 0 fully saturated rings. The standard InChI is InChI=1S/C12H11N3O3/c1-8-7-11(14-12(13-8)18-2)9-3-5-10(6-4-9)15(16)17/h3-7H,1-2H3. The molecule has 0 bridgehead atoms. The summed E-state index contributed by atoms with van der Waals surface area (Å²) in [5.74, 6) is 0. The summed E-state index contributed by atoms with van der Waals surface area (Å²) in [6.07, 6.45) is 0. The van der Waals surface area contributed by atoms with Gasteiger partial charge in [-0.1, -0.05) is 0 Å². The minimum atomic E-state index is -0.435. The van der Waals surface area contributed by atoms with Gasteiger partial charge in [-0.15, -0.1) is 0 Å². The molecule has 0 amide bonds. The predicted molar refractivity (Wildman–Crippen MR) is 65.4 cm³/mol. The van der Waals surface area contributed by atoms with Crippen LogP contribution >= 0.6 is 0 Å². The maximum absolute atomic E-state index is 10.6. The van der Waals surface area contributed by atoms with Gasteiger partial charge in [-0.2, -0.15) is 4.98 Å². The number of hydrogen-bond acceptors (Lipinski definition) is 5. The SMILES string of the molecule is COc1nc(C)cc(-c2ccc([N+](=O)[O-])cc2)n1. The molecule has 0 spiro atoms. The maximum atomic E-state index is 10.6. The first kappa shape index (κ1) is 12.0. The molecule has 6 nitrogen and oxygen atoms in total. The molecule has 18 heavy (non-hydrogen) atoms. The third kappa shape index (κ3) is 2.42. The zero-order valence-corrected chi connectivity index (χ0v) is 9.95. The Labute approximate surface area is 103 Å². The van der Waals surface area contributed by atoms with Crippen molar-refractivity contribution in [2.75, 3.05) is 7.11 Å². The number of benzene rings is 1. The highest BCUT2D eigenvalue weighted by Gasteiger charge is 2.08. The number of methoxy groups -OCH3 is 1. The average molecular weight is 245 g/mol. The lowest BCUT2D eigenvalue weighted by Gasteiger charge is -2.04. The quantitative estimate of drug-likeness (QED) is 0.612. The molecule has 1 aromatic carbocycles. The molecule has 92 valence electrons. The molecule has 1 aromatic heterocycles. The summed E-state index contributed by atoms with van der Waals surface area (Å²) >= 11 is 0. The van der Waals surface area contributed by atoms with Crippen molar-refractivity contribution in [2.24, 2.45) is 0 Å². The van der Waals surface area contributed by atoms with E-state index in [4.69, 9.17) is 4.74 Å². The molecule has 0 N–H and O–H groups in total. The zero-order chi connectivity index (χ0) is 13.1. The van der Waals surface area contributed by atoms with Crippen molar-refractivity contribution in [3.63, 3.8) is 0 Å². The number of nitrogens with zero attached hydrogens (tertiary/aromatic N) is 3. The molecule has 0 radical (unpaired) electrons. The van der Waals surface area contributed by atoms with Crippen LogP contribution in [0.1, 0.15) is 5.69 Å². The first-order valence-electron chi connectivity index (χ1n) is 5.24. The van der Waals surface area contributed by atoms with Crippen molar-refractivity contribution in [1.82, 2.24) is 9.97 Å². The molecule has 0 saturated carbocycles. The molecule has 0 aliphatic carbocycles. The van der Waals surface area contributed by atoms with Crippen molar-refractivity contribution in [3.05, 3.63) is 46.1 Å². The maximum Gasteiger partial charge on any atom is 0.316 e. The molecule has 0 aliphatic rings. The second-order valence-electron chi connectivity index (χ2n) is 3.69. The fraction of sp³-hybridized carbons (Fsp3) is 0.167. The summed E-state index contributed by atoms with van der Waals surface area (Å²) in [5, 5.41) is 10.6. The van der Waals surface area contributed by atoms with Crippen molar-refractivity contribution in [1.29, 1.82) is 0 Å². The largest absolute Gasteiger partial charge is 0.467 e. The van der Waals surface area contributed by atoms with Gasteiger partial charge < -0.3 is 4.74 Å². The van der Waals surface area contributed by atoms with Gasteiger partial charge in [0.25, 0.3) is 5.69 Å². The first-order chi connectivity index (χ1) is 8.60. The zero-order valence-electron chi connectivity index (χ0n) is 9.95. The van der Waals surface area contributed by atoms with Crippen LogP contribution in [0.5, 0.6) is 6.01 Å². The van der Waals surface area contributed by atoms with Gasteiger partial charge in [0.05, 0.1) is 17.7 Å². The predicted octanol–water partition coefficient (Wildman–Crippen LogP) is 2.37. The van der Waals surface area contributed by atoms with Crippen LogP contribution in [0.4, 0.5) is 5.69 Å². The Morgan fingerprint density at radius 2 is 1.89 bits per heavy atom. The number of nitro benzene ring substituents is 1. The Bertz CT molecular complexity index is 582. The van der Waals surface area contributed by atoms with E-state index in [1.54, 1.807) is 18.2 Å². The second-order valence-corrected chi connectivity index (χ2v) is 3.69. The average Bonchev–Trinajstić information content (AvgIpc) is 2.38. The third-order valence-corrected chi connectivity index (χ3v) is 2.39. The summed E-state index contributed by atoms with van der Waals surface area (Å²) < 4.78 is 4.99. The molecule has 0 unspecified atom stereocenters. The van der Waals surface area contributed by atoms with Crippen molar-refractivity contribution in [2.45, 2.75) is 6.92 Å². The molecular weight excluding hydrogens is 234 g/mol. The molecule has 0 aliphatic heterocycles. The number of hydrogen-bond donors (Lipinski definition) is 0. The van der Waals surface area contributed by atoms with E-state index in [2.05, 4.69) is 9.97 Å². The number of aromatic nitrogens is 2. The van der Waals surface area contributed by atoms with Gasteiger partial charge in [-0.25, -0.2) is 4.98 Å². The van der Waals surface area contributed by atoms with E-state index in [0.29, 0.717) is 5.69 Å². The summed E-state index contributed by atoms with van der Waals surface area (Å²) in [6, 6.07) is 8.27. The van der Waals surface area contributed by atoms with E-state index < -0.39 is 4.92 Å². The highest BCUT2D eigenvalue weighted by molar-refractivity contribution is 5.61. The van der Waals surface area contributed by atoms with Crippen molar-refractivity contribution >= 4 is 5.69 Å². The summed E-state index contributed by atoms with van der Waals surface area (Å²) in [7, 11) is 1.49. The van der Waals surface area contributed by atoms with E-state index in [-0.39, 0.29) is 11.7 Å². The Balaban J connectivity index is 2.42. The fourth-order valence-electron chi connectivity index (χ4n) is 1.53. The first-order valence-corrected chi connectivity index (χ1v) is 5.24. The molecule has 2 rings (SSSR count). The monoisotopic (exact) mass is 245 g/mol. The molecule has 2 aromatic rings. The van der Waals surface area contributed by atoms with Gasteiger partial charge in [-0.3, -0.25) is 10.1 Å². The number of aryl methyl sites for hydroxylation is 1. The Morgan fingerprint density at radius 1 is 1.22 bits per heavy atom. The van der Waals surface area contributed by atoms with E-state index in [9.17, 15) is 10.1 Å². The number of non-ortho nitro benzene ring substituents is 1. The van der Waals surface area contributed by atoms with Crippen LogP contribution in [0.15, 0.2) is 30.3 Å². The van der Waals surface area contributed by atoms with Crippen LogP contribution in [-0.2, 0) is 0 Å². The summed E-state index contributed by atoms with van der Waals surface area (Å²) in [5.41, 5.74) is 2.28. The fourth-order valence-corrected chi connectivity index (χ4v) is 1.53. The molecule has 6 heteroatoms. The third-order valence-electron chi connectivity index (χ3n) is 2.39. The van der Waals surface area contributed by atoms with Gasteiger partial charge >= 0.3 is 6.01 Å². The van der Waals surface area contributed by atoms with E-state index in [1.165, 1.54) is 19.2 Å². The van der Waals surface area contributed by atoms with E-state index in [1.807, 2.05) is 6.92 Å². The lowest BCUT2D eigenvalue weighted by atomic mass is 10.1. The molecule has 0 atom stereocenters. The van der Waals surface area contributed by atoms with Gasteiger partial charge in [-0.05, 0) is 25.1 Å². The van der Waals surface area contributed by atoms with Crippen LogP contribution in [0, 0.1) is 17.0 Å². The minimum absolute atomic E-state index is 0.0523.